The summed E-state index contributed by atoms with van der Waals surface area (Å²) in [5.41, 5.74) is 2.74. The number of hydrogen-bond donors (Lipinski definition) is 0. The molecule has 0 amide bonds. The van der Waals surface area contributed by atoms with Crippen molar-refractivity contribution in [1.29, 1.82) is 0 Å². The van der Waals surface area contributed by atoms with Crippen molar-refractivity contribution in [1.82, 2.24) is 9.55 Å². The van der Waals surface area contributed by atoms with Crippen LogP contribution in [-0.4, -0.2) is 9.55 Å². The summed E-state index contributed by atoms with van der Waals surface area (Å²) in [4.78, 5) is 5.04. The highest BCUT2D eigenvalue weighted by atomic mass is 15.1. The first kappa shape index (κ1) is 22.7. The Kier molecular flexibility index (Phi) is 11.7. The third-order valence-electron chi connectivity index (χ3n) is 5.66. The highest BCUT2D eigenvalue weighted by Gasteiger charge is 2.08. The second kappa shape index (κ2) is 14.4. The van der Waals surface area contributed by atoms with Crippen molar-refractivity contribution in [3.8, 4) is 0 Å². The lowest BCUT2D eigenvalue weighted by Gasteiger charge is -2.07. The Hall–Kier alpha value is -1.57. The molecule has 1 aromatic heterocycles. The molecule has 0 bridgehead atoms. The molecule has 156 valence electrons. The Morgan fingerprint density at radius 2 is 1.36 bits per heavy atom. The molecule has 0 radical (unpaired) electrons. The molecule has 0 aliphatic carbocycles. The van der Waals surface area contributed by atoms with Crippen LogP contribution in [0.4, 0.5) is 0 Å². The first-order chi connectivity index (χ1) is 13.8. The molecular weight excluding hydrogens is 340 g/mol. The Labute approximate surface area is 173 Å². The fraction of sp³-hybridized carbons (Fsp3) is 0.654. The van der Waals surface area contributed by atoms with Crippen molar-refractivity contribution in [3.05, 3.63) is 53.6 Å². The topological polar surface area (TPSA) is 17.8 Å². The third kappa shape index (κ3) is 9.08. The fourth-order valence-electron chi connectivity index (χ4n) is 3.92. The van der Waals surface area contributed by atoms with Gasteiger partial charge in [0.05, 0.1) is 5.69 Å². The molecule has 2 nitrogen and oxygen atoms in total. The van der Waals surface area contributed by atoms with Gasteiger partial charge in [-0.05, 0) is 37.7 Å². The van der Waals surface area contributed by atoms with Gasteiger partial charge < -0.3 is 4.57 Å². The van der Waals surface area contributed by atoms with Crippen LogP contribution >= 0.6 is 0 Å². The predicted octanol–water partition coefficient (Wildman–Crippen LogP) is 7.54. The van der Waals surface area contributed by atoms with Gasteiger partial charge in [-0.15, -0.1) is 0 Å². The van der Waals surface area contributed by atoms with Gasteiger partial charge in [0.1, 0.15) is 5.82 Å². The molecule has 0 saturated heterocycles. The van der Waals surface area contributed by atoms with Crippen molar-refractivity contribution in [2.75, 3.05) is 0 Å². The maximum Gasteiger partial charge on any atom is 0.108 e. The zero-order valence-electron chi connectivity index (χ0n) is 18.5. The molecule has 2 aromatic rings. The summed E-state index contributed by atoms with van der Waals surface area (Å²) in [6, 6.07) is 10.8. The highest BCUT2D eigenvalue weighted by Crippen LogP contribution is 2.14. The van der Waals surface area contributed by atoms with Crippen molar-refractivity contribution in [2.24, 2.45) is 0 Å². The number of nitrogens with zero attached hydrogens (tertiary/aromatic N) is 2. The molecule has 0 aliphatic rings. The van der Waals surface area contributed by atoms with E-state index in [1.165, 1.54) is 87.7 Å². The van der Waals surface area contributed by atoms with Gasteiger partial charge >= 0.3 is 0 Å². The Balaban J connectivity index is 1.83. The van der Waals surface area contributed by atoms with Crippen LogP contribution in [0, 0.1) is 0 Å². The van der Waals surface area contributed by atoms with Crippen molar-refractivity contribution in [3.63, 3.8) is 0 Å². The van der Waals surface area contributed by atoms with E-state index in [4.69, 9.17) is 4.98 Å². The molecule has 2 heteroatoms. The first-order valence-corrected chi connectivity index (χ1v) is 11.9. The molecule has 2 rings (SSSR count). The van der Waals surface area contributed by atoms with Gasteiger partial charge in [-0.1, -0.05) is 95.5 Å². The second-order valence-corrected chi connectivity index (χ2v) is 8.26. The number of rotatable bonds is 16. The molecule has 0 saturated carbocycles. The lowest BCUT2D eigenvalue weighted by Crippen LogP contribution is -2.03. The number of hydrogen-bond acceptors (Lipinski definition) is 1. The van der Waals surface area contributed by atoms with Crippen LogP contribution in [0.2, 0.25) is 0 Å². The maximum absolute atomic E-state index is 5.04. The van der Waals surface area contributed by atoms with Crippen LogP contribution in [-0.2, 0) is 25.8 Å². The van der Waals surface area contributed by atoms with E-state index in [1.807, 2.05) is 0 Å². The summed E-state index contributed by atoms with van der Waals surface area (Å²) in [6.07, 6.45) is 20.4. The third-order valence-corrected chi connectivity index (χ3v) is 5.66. The number of imidazole rings is 1. The van der Waals surface area contributed by atoms with E-state index >= 15 is 0 Å². The summed E-state index contributed by atoms with van der Waals surface area (Å²) in [5.74, 6) is 1.33. The molecule has 0 unspecified atom stereocenters. The molecule has 0 spiro atoms. The van der Waals surface area contributed by atoms with Gasteiger partial charge in [-0.2, -0.15) is 0 Å². The number of aryl methyl sites for hydroxylation is 4. The molecular formula is C26H42N2. The number of benzene rings is 1. The predicted molar refractivity (Wildman–Crippen MR) is 122 cm³/mol. The quantitative estimate of drug-likeness (QED) is 0.274. The zero-order chi connectivity index (χ0) is 19.9. The second-order valence-electron chi connectivity index (χ2n) is 8.26. The van der Waals surface area contributed by atoms with Crippen LogP contribution in [0.1, 0.15) is 102 Å². The standard InChI is InChI=1S/C26H42N2/c1-3-5-7-9-14-21-26-27-25(20-16-19-24-17-12-11-13-18-24)23-28(26)22-15-10-8-6-4-2/h11-13,17-18,23H,3-10,14-16,19-22H2,1-2H3. The van der Waals surface area contributed by atoms with Crippen LogP contribution < -0.4 is 0 Å². The molecule has 0 aliphatic heterocycles. The average Bonchev–Trinajstić information content (AvgIpc) is 3.10. The van der Waals surface area contributed by atoms with E-state index in [9.17, 15) is 0 Å². The van der Waals surface area contributed by atoms with Crippen LogP contribution in [0.25, 0.3) is 0 Å². The normalized spacial score (nSPS) is 11.2. The van der Waals surface area contributed by atoms with Gasteiger partial charge in [-0.25, -0.2) is 4.98 Å². The first-order valence-electron chi connectivity index (χ1n) is 11.9. The van der Waals surface area contributed by atoms with Crippen molar-refractivity contribution >= 4 is 0 Å². The molecule has 0 fully saturated rings. The van der Waals surface area contributed by atoms with E-state index in [2.05, 4.69) is 54.9 Å². The summed E-state index contributed by atoms with van der Waals surface area (Å²) in [7, 11) is 0. The molecule has 1 aromatic carbocycles. The Bertz CT molecular complexity index is 583. The van der Waals surface area contributed by atoms with Gasteiger partial charge in [-0.3, -0.25) is 0 Å². The Morgan fingerprint density at radius 1 is 0.679 bits per heavy atom. The summed E-state index contributed by atoms with van der Waals surface area (Å²) < 4.78 is 2.48. The van der Waals surface area contributed by atoms with E-state index < -0.39 is 0 Å². The van der Waals surface area contributed by atoms with Gasteiger partial charge in [0.25, 0.3) is 0 Å². The summed E-state index contributed by atoms with van der Waals surface area (Å²) >= 11 is 0. The monoisotopic (exact) mass is 382 g/mol. The van der Waals surface area contributed by atoms with Crippen molar-refractivity contribution < 1.29 is 0 Å². The number of aromatic nitrogens is 2. The smallest absolute Gasteiger partial charge is 0.108 e. The van der Waals surface area contributed by atoms with Gasteiger partial charge in [0.2, 0.25) is 0 Å². The molecule has 1 heterocycles. The molecule has 0 N–H and O–H groups in total. The molecule has 28 heavy (non-hydrogen) atoms. The van der Waals surface area contributed by atoms with E-state index in [1.54, 1.807) is 0 Å². The van der Waals surface area contributed by atoms with E-state index in [-0.39, 0.29) is 0 Å². The van der Waals surface area contributed by atoms with E-state index in [0.29, 0.717) is 0 Å². The Morgan fingerprint density at radius 3 is 2.07 bits per heavy atom. The van der Waals surface area contributed by atoms with Gasteiger partial charge in [0.15, 0.2) is 0 Å². The van der Waals surface area contributed by atoms with Crippen LogP contribution in [0.15, 0.2) is 36.5 Å². The lowest BCUT2D eigenvalue weighted by atomic mass is 10.1. The minimum absolute atomic E-state index is 1.10. The fourth-order valence-corrected chi connectivity index (χ4v) is 3.92. The number of unbranched alkanes of at least 4 members (excludes halogenated alkanes) is 8. The summed E-state index contributed by atoms with van der Waals surface area (Å²) in [5, 5.41) is 0. The zero-order valence-corrected chi connectivity index (χ0v) is 18.5. The minimum Gasteiger partial charge on any atom is -0.335 e. The molecule has 0 atom stereocenters. The highest BCUT2D eigenvalue weighted by molar-refractivity contribution is 5.15. The average molecular weight is 383 g/mol. The van der Waals surface area contributed by atoms with Crippen LogP contribution in [0.3, 0.4) is 0 Å². The maximum atomic E-state index is 5.04. The van der Waals surface area contributed by atoms with Crippen LogP contribution in [0.5, 0.6) is 0 Å². The minimum atomic E-state index is 1.10. The lowest BCUT2D eigenvalue weighted by molar-refractivity contribution is 0.543. The SMILES string of the molecule is CCCCCCCc1nc(CCCc2ccccc2)cn1CCCCCCC. The van der Waals surface area contributed by atoms with Gasteiger partial charge in [0, 0.05) is 19.2 Å². The van der Waals surface area contributed by atoms with Crippen molar-refractivity contribution in [2.45, 2.75) is 110 Å². The largest absolute Gasteiger partial charge is 0.335 e. The summed E-state index contributed by atoms with van der Waals surface area (Å²) in [6.45, 7) is 5.72. The van der Waals surface area contributed by atoms with E-state index in [0.717, 1.165) is 25.8 Å².